The molecule has 0 aromatic rings. The van der Waals surface area contributed by atoms with Crippen LogP contribution in [0.2, 0.25) is 0 Å². The fourth-order valence-electron chi connectivity index (χ4n) is 2.99. The number of hydrogen-bond donors (Lipinski definition) is 2. The summed E-state index contributed by atoms with van der Waals surface area (Å²) in [6.07, 6.45) is 6.06. The predicted octanol–water partition coefficient (Wildman–Crippen LogP) is 1.88. The fraction of sp³-hybridized carbons (Fsp3) is 0.933. The van der Waals surface area contributed by atoms with E-state index in [9.17, 15) is 4.79 Å². The van der Waals surface area contributed by atoms with Gasteiger partial charge in [-0.25, -0.2) is 0 Å². The highest BCUT2D eigenvalue weighted by atomic mass is 16.1. The average molecular weight is 269 g/mol. The van der Waals surface area contributed by atoms with Gasteiger partial charge in [-0.2, -0.15) is 0 Å². The van der Waals surface area contributed by atoms with Gasteiger partial charge in [0.2, 0.25) is 5.91 Å². The topological polar surface area (TPSA) is 58.4 Å². The van der Waals surface area contributed by atoms with E-state index in [4.69, 9.17) is 5.73 Å². The Morgan fingerprint density at radius 3 is 2.37 bits per heavy atom. The summed E-state index contributed by atoms with van der Waals surface area (Å²) < 4.78 is 0. The first-order valence-corrected chi connectivity index (χ1v) is 7.79. The maximum atomic E-state index is 12.1. The van der Waals surface area contributed by atoms with Gasteiger partial charge >= 0.3 is 0 Å². The second kappa shape index (κ2) is 7.85. The molecule has 112 valence electrons. The van der Waals surface area contributed by atoms with Gasteiger partial charge < -0.3 is 16.0 Å². The number of carbonyl (C=O) groups is 1. The molecule has 3 N–H and O–H groups in total. The summed E-state index contributed by atoms with van der Waals surface area (Å²) in [5, 5.41) is 3.09. The second-order valence-electron chi connectivity index (χ2n) is 6.05. The van der Waals surface area contributed by atoms with Crippen molar-refractivity contribution in [3.63, 3.8) is 0 Å². The zero-order chi connectivity index (χ0) is 14.3. The Kier molecular flexibility index (Phi) is 6.80. The van der Waals surface area contributed by atoms with Gasteiger partial charge in [0, 0.05) is 24.5 Å². The Hall–Kier alpha value is -0.610. The van der Waals surface area contributed by atoms with Crippen molar-refractivity contribution in [1.82, 2.24) is 10.2 Å². The quantitative estimate of drug-likeness (QED) is 0.742. The molecular formula is C15H31N3O. The maximum absolute atomic E-state index is 12.1. The number of nitrogens with zero attached hydrogens (tertiary/aromatic N) is 1. The van der Waals surface area contributed by atoms with Crippen molar-refractivity contribution in [2.75, 3.05) is 19.6 Å². The Balaban J connectivity index is 2.33. The molecule has 0 radical (unpaired) electrons. The number of carbonyl (C=O) groups excluding carboxylic acids is 1. The standard InChI is InChI=1S/C15H31N3O/c1-4-18(5-2)12-13(3)17-14(19)11-15(16)9-7-6-8-10-15/h13H,4-12,16H2,1-3H3,(H,17,19). The van der Waals surface area contributed by atoms with Crippen molar-refractivity contribution in [2.45, 2.75) is 70.9 Å². The first kappa shape index (κ1) is 16.4. The molecule has 4 nitrogen and oxygen atoms in total. The molecule has 0 aromatic carbocycles. The highest BCUT2D eigenvalue weighted by Gasteiger charge is 2.30. The molecule has 1 aliphatic rings. The molecule has 1 amide bonds. The molecular weight excluding hydrogens is 238 g/mol. The Bertz CT molecular complexity index is 271. The lowest BCUT2D eigenvalue weighted by molar-refractivity contribution is -0.123. The monoisotopic (exact) mass is 269 g/mol. The van der Waals surface area contributed by atoms with Crippen LogP contribution in [-0.2, 0) is 4.79 Å². The number of amides is 1. The Morgan fingerprint density at radius 2 is 1.84 bits per heavy atom. The van der Waals surface area contributed by atoms with Crippen LogP contribution in [0.4, 0.5) is 0 Å². The van der Waals surface area contributed by atoms with Crippen LogP contribution in [0, 0.1) is 0 Å². The largest absolute Gasteiger partial charge is 0.352 e. The van der Waals surface area contributed by atoms with E-state index in [1.807, 2.05) is 0 Å². The highest BCUT2D eigenvalue weighted by Crippen LogP contribution is 2.28. The van der Waals surface area contributed by atoms with Gasteiger partial charge in [0.05, 0.1) is 0 Å². The molecule has 1 rings (SSSR count). The molecule has 1 saturated carbocycles. The first-order valence-electron chi connectivity index (χ1n) is 7.79. The predicted molar refractivity (Wildman–Crippen MR) is 80.0 cm³/mol. The van der Waals surface area contributed by atoms with E-state index in [1.165, 1.54) is 19.3 Å². The first-order chi connectivity index (χ1) is 8.99. The smallest absolute Gasteiger partial charge is 0.222 e. The third kappa shape index (κ3) is 5.91. The van der Waals surface area contributed by atoms with Crippen molar-refractivity contribution < 1.29 is 4.79 Å². The minimum atomic E-state index is -0.253. The van der Waals surface area contributed by atoms with E-state index in [0.717, 1.165) is 32.5 Å². The SMILES string of the molecule is CCN(CC)CC(C)NC(=O)CC1(N)CCCCC1. The van der Waals surface area contributed by atoms with E-state index < -0.39 is 0 Å². The van der Waals surface area contributed by atoms with Crippen molar-refractivity contribution in [1.29, 1.82) is 0 Å². The van der Waals surface area contributed by atoms with Crippen LogP contribution in [0.1, 0.15) is 59.3 Å². The van der Waals surface area contributed by atoms with Crippen molar-refractivity contribution in [3.8, 4) is 0 Å². The molecule has 0 bridgehead atoms. The zero-order valence-corrected chi connectivity index (χ0v) is 12.9. The van der Waals surface area contributed by atoms with Gasteiger partial charge in [-0.1, -0.05) is 33.1 Å². The number of nitrogens with two attached hydrogens (primary N) is 1. The molecule has 1 unspecified atom stereocenters. The molecule has 0 saturated heterocycles. The summed E-state index contributed by atoms with van der Waals surface area (Å²) in [5.74, 6) is 0.115. The van der Waals surface area contributed by atoms with Gasteiger partial charge in [-0.3, -0.25) is 4.79 Å². The zero-order valence-electron chi connectivity index (χ0n) is 12.9. The van der Waals surface area contributed by atoms with Crippen molar-refractivity contribution in [2.24, 2.45) is 5.73 Å². The van der Waals surface area contributed by atoms with Gasteiger partial charge in [0.15, 0.2) is 0 Å². The van der Waals surface area contributed by atoms with Crippen LogP contribution in [0.3, 0.4) is 0 Å². The summed E-state index contributed by atoms with van der Waals surface area (Å²) in [7, 11) is 0. The molecule has 0 spiro atoms. The number of hydrogen-bond acceptors (Lipinski definition) is 3. The normalized spacial score (nSPS) is 20.3. The van der Waals surface area contributed by atoms with Crippen molar-refractivity contribution in [3.05, 3.63) is 0 Å². The second-order valence-corrected chi connectivity index (χ2v) is 6.05. The molecule has 4 heteroatoms. The third-order valence-electron chi connectivity index (χ3n) is 4.20. The van der Waals surface area contributed by atoms with Crippen molar-refractivity contribution >= 4 is 5.91 Å². The highest BCUT2D eigenvalue weighted by molar-refractivity contribution is 5.77. The lowest BCUT2D eigenvalue weighted by Gasteiger charge is -2.33. The number of likely N-dealkylation sites (N-methyl/N-ethyl adjacent to an activating group) is 1. The summed E-state index contributed by atoms with van der Waals surface area (Å²) in [5.41, 5.74) is 6.07. The van der Waals surface area contributed by atoms with Gasteiger partial charge in [0.25, 0.3) is 0 Å². The minimum absolute atomic E-state index is 0.115. The summed E-state index contributed by atoms with van der Waals surface area (Å²) in [6.45, 7) is 9.33. The van der Waals surface area contributed by atoms with Gasteiger partial charge in [-0.05, 0) is 32.9 Å². The van der Waals surface area contributed by atoms with Crippen LogP contribution in [0.15, 0.2) is 0 Å². The van der Waals surface area contributed by atoms with Crippen LogP contribution >= 0.6 is 0 Å². The molecule has 1 atom stereocenters. The Labute approximate surface area is 118 Å². The van der Waals surface area contributed by atoms with Crippen LogP contribution in [0.25, 0.3) is 0 Å². The third-order valence-corrected chi connectivity index (χ3v) is 4.20. The summed E-state index contributed by atoms with van der Waals surface area (Å²) in [6, 6.07) is 0.194. The molecule has 0 heterocycles. The molecule has 1 fully saturated rings. The number of rotatable bonds is 7. The number of nitrogens with one attached hydrogen (secondary N) is 1. The van der Waals surface area contributed by atoms with E-state index in [-0.39, 0.29) is 17.5 Å². The molecule has 0 aromatic heterocycles. The van der Waals surface area contributed by atoms with Gasteiger partial charge in [-0.15, -0.1) is 0 Å². The van der Waals surface area contributed by atoms with Crippen LogP contribution in [0.5, 0.6) is 0 Å². The van der Waals surface area contributed by atoms with E-state index >= 15 is 0 Å². The molecule has 0 aliphatic heterocycles. The van der Waals surface area contributed by atoms with Crippen LogP contribution in [-0.4, -0.2) is 42.0 Å². The molecule has 1 aliphatic carbocycles. The maximum Gasteiger partial charge on any atom is 0.222 e. The Morgan fingerprint density at radius 1 is 1.26 bits per heavy atom. The minimum Gasteiger partial charge on any atom is -0.352 e. The average Bonchev–Trinajstić information content (AvgIpc) is 2.35. The van der Waals surface area contributed by atoms with E-state index in [1.54, 1.807) is 0 Å². The van der Waals surface area contributed by atoms with E-state index in [2.05, 4.69) is 31.0 Å². The summed E-state index contributed by atoms with van der Waals surface area (Å²) >= 11 is 0. The lowest BCUT2D eigenvalue weighted by atomic mass is 9.80. The summed E-state index contributed by atoms with van der Waals surface area (Å²) in [4.78, 5) is 14.4. The van der Waals surface area contributed by atoms with E-state index in [0.29, 0.717) is 6.42 Å². The fourth-order valence-corrected chi connectivity index (χ4v) is 2.99. The lowest BCUT2D eigenvalue weighted by Crippen LogP contribution is -2.49. The molecule has 19 heavy (non-hydrogen) atoms. The van der Waals surface area contributed by atoms with Gasteiger partial charge in [0.1, 0.15) is 0 Å². The van der Waals surface area contributed by atoms with Crippen LogP contribution < -0.4 is 11.1 Å².